The molecule has 1 aromatic rings. The topological polar surface area (TPSA) is 38.5 Å². The SMILES string of the molecule is CCOc1cccc(CN2CCCC2CN)c1.Cl. The molecule has 0 aliphatic carbocycles. The summed E-state index contributed by atoms with van der Waals surface area (Å²) < 4.78 is 5.52. The summed E-state index contributed by atoms with van der Waals surface area (Å²) in [4.78, 5) is 2.48. The molecule has 3 nitrogen and oxygen atoms in total. The zero-order valence-corrected chi connectivity index (χ0v) is 11.8. The van der Waals surface area contributed by atoms with Crippen LogP contribution in [0.1, 0.15) is 25.3 Å². The average Bonchev–Trinajstić information content (AvgIpc) is 2.77. The molecule has 2 N–H and O–H groups in total. The first-order valence-electron chi connectivity index (χ1n) is 6.49. The Morgan fingerprint density at radius 3 is 3.00 bits per heavy atom. The maximum absolute atomic E-state index is 5.79. The summed E-state index contributed by atoms with van der Waals surface area (Å²) in [6.45, 7) is 5.66. The van der Waals surface area contributed by atoms with Gasteiger partial charge in [0.05, 0.1) is 6.61 Å². The van der Waals surface area contributed by atoms with Crippen LogP contribution in [-0.4, -0.2) is 30.6 Å². The Kier molecular flexibility index (Phi) is 6.47. The molecule has 1 unspecified atom stereocenters. The van der Waals surface area contributed by atoms with Crippen molar-refractivity contribution in [3.8, 4) is 5.75 Å². The summed E-state index contributed by atoms with van der Waals surface area (Å²) in [7, 11) is 0. The Balaban J connectivity index is 0.00000162. The Morgan fingerprint density at radius 1 is 1.44 bits per heavy atom. The predicted octanol–water partition coefficient (Wildman–Crippen LogP) is 2.43. The maximum Gasteiger partial charge on any atom is 0.119 e. The monoisotopic (exact) mass is 270 g/mol. The molecular formula is C14H23ClN2O. The molecule has 1 aliphatic heterocycles. The van der Waals surface area contributed by atoms with Crippen molar-refractivity contribution in [3.63, 3.8) is 0 Å². The second-order valence-electron chi connectivity index (χ2n) is 4.58. The fourth-order valence-electron chi connectivity index (χ4n) is 2.51. The van der Waals surface area contributed by atoms with Crippen molar-refractivity contribution in [2.75, 3.05) is 19.7 Å². The fourth-order valence-corrected chi connectivity index (χ4v) is 2.51. The molecule has 0 aromatic heterocycles. The van der Waals surface area contributed by atoms with Crippen LogP contribution >= 0.6 is 12.4 Å². The van der Waals surface area contributed by atoms with Gasteiger partial charge in [0, 0.05) is 19.1 Å². The third-order valence-electron chi connectivity index (χ3n) is 3.37. The van der Waals surface area contributed by atoms with Gasteiger partial charge in [-0.3, -0.25) is 4.90 Å². The predicted molar refractivity (Wildman–Crippen MR) is 77.3 cm³/mol. The van der Waals surface area contributed by atoms with Crippen molar-refractivity contribution >= 4 is 12.4 Å². The number of benzene rings is 1. The molecule has 0 spiro atoms. The molecule has 0 saturated carbocycles. The number of nitrogens with zero attached hydrogens (tertiary/aromatic N) is 1. The van der Waals surface area contributed by atoms with E-state index in [1.165, 1.54) is 24.9 Å². The first-order valence-corrected chi connectivity index (χ1v) is 6.49. The van der Waals surface area contributed by atoms with Crippen LogP contribution in [-0.2, 0) is 6.54 Å². The molecule has 1 fully saturated rings. The number of ether oxygens (including phenoxy) is 1. The highest BCUT2D eigenvalue weighted by Crippen LogP contribution is 2.21. The van der Waals surface area contributed by atoms with Crippen LogP contribution in [0.3, 0.4) is 0 Å². The average molecular weight is 271 g/mol. The van der Waals surface area contributed by atoms with Gasteiger partial charge >= 0.3 is 0 Å². The first kappa shape index (κ1) is 15.3. The van der Waals surface area contributed by atoms with Crippen LogP contribution in [0.2, 0.25) is 0 Å². The molecule has 0 radical (unpaired) electrons. The number of nitrogens with two attached hydrogens (primary N) is 1. The normalized spacial score (nSPS) is 19.6. The second kappa shape index (κ2) is 7.62. The van der Waals surface area contributed by atoms with Gasteiger partial charge in [-0.15, -0.1) is 12.4 Å². The smallest absolute Gasteiger partial charge is 0.119 e. The summed E-state index contributed by atoms with van der Waals surface area (Å²) in [5.41, 5.74) is 7.11. The van der Waals surface area contributed by atoms with Crippen LogP contribution in [0.25, 0.3) is 0 Å². The lowest BCUT2D eigenvalue weighted by Crippen LogP contribution is -2.34. The number of likely N-dealkylation sites (tertiary alicyclic amines) is 1. The Morgan fingerprint density at radius 2 is 2.28 bits per heavy atom. The lowest BCUT2D eigenvalue weighted by Gasteiger charge is -2.23. The van der Waals surface area contributed by atoms with E-state index in [1.54, 1.807) is 0 Å². The van der Waals surface area contributed by atoms with E-state index in [1.807, 2.05) is 13.0 Å². The van der Waals surface area contributed by atoms with Crippen LogP contribution in [0.4, 0.5) is 0 Å². The van der Waals surface area contributed by atoms with Gasteiger partial charge in [0.15, 0.2) is 0 Å². The molecule has 1 aromatic carbocycles. The highest BCUT2D eigenvalue weighted by atomic mass is 35.5. The van der Waals surface area contributed by atoms with Crippen molar-refractivity contribution in [2.45, 2.75) is 32.4 Å². The van der Waals surface area contributed by atoms with Gasteiger partial charge in [0.1, 0.15) is 5.75 Å². The highest BCUT2D eigenvalue weighted by Gasteiger charge is 2.22. The summed E-state index contributed by atoms with van der Waals surface area (Å²) in [5, 5.41) is 0. The second-order valence-corrected chi connectivity index (χ2v) is 4.58. The molecule has 102 valence electrons. The lowest BCUT2D eigenvalue weighted by molar-refractivity contribution is 0.249. The molecule has 4 heteroatoms. The third kappa shape index (κ3) is 3.87. The molecule has 1 atom stereocenters. The molecule has 1 aliphatic rings. The van der Waals surface area contributed by atoms with Crippen molar-refractivity contribution in [3.05, 3.63) is 29.8 Å². The largest absolute Gasteiger partial charge is 0.494 e. The first-order chi connectivity index (χ1) is 8.33. The lowest BCUT2D eigenvalue weighted by atomic mass is 10.1. The Bertz CT molecular complexity index is 359. The van der Waals surface area contributed by atoms with E-state index < -0.39 is 0 Å². The summed E-state index contributed by atoms with van der Waals surface area (Å²) in [6.07, 6.45) is 2.51. The van der Waals surface area contributed by atoms with Gasteiger partial charge < -0.3 is 10.5 Å². The fraction of sp³-hybridized carbons (Fsp3) is 0.571. The summed E-state index contributed by atoms with van der Waals surface area (Å²) in [5.74, 6) is 0.966. The third-order valence-corrected chi connectivity index (χ3v) is 3.37. The van der Waals surface area contributed by atoms with Crippen LogP contribution in [0.5, 0.6) is 5.75 Å². The Hall–Kier alpha value is -0.770. The highest BCUT2D eigenvalue weighted by molar-refractivity contribution is 5.85. The van der Waals surface area contributed by atoms with Gasteiger partial charge in [0.25, 0.3) is 0 Å². The molecule has 1 saturated heterocycles. The molecule has 2 rings (SSSR count). The number of halogens is 1. The van der Waals surface area contributed by atoms with Gasteiger partial charge in [-0.2, -0.15) is 0 Å². The van der Waals surface area contributed by atoms with E-state index >= 15 is 0 Å². The number of rotatable bonds is 5. The van der Waals surface area contributed by atoms with Crippen LogP contribution in [0, 0.1) is 0 Å². The molecule has 0 bridgehead atoms. The van der Waals surface area contributed by atoms with E-state index in [9.17, 15) is 0 Å². The standard InChI is InChI=1S/C14H22N2O.ClH/c1-2-17-14-7-3-5-12(9-14)11-16-8-4-6-13(16)10-15;/h3,5,7,9,13H,2,4,6,8,10-11,15H2,1H3;1H. The van der Waals surface area contributed by atoms with Gasteiger partial charge in [0.2, 0.25) is 0 Å². The molecule has 1 heterocycles. The van der Waals surface area contributed by atoms with E-state index in [4.69, 9.17) is 10.5 Å². The van der Waals surface area contributed by atoms with E-state index in [0.29, 0.717) is 6.04 Å². The summed E-state index contributed by atoms with van der Waals surface area (Å²) >= 11 is 0. The molecule has 0 amide bonds. The maximum atomic E-state index is 5.79. The minimum atomic E-state index is 0. The summed E-state index contributed by atoms with van der Waals surface area (Å²) in [6, 6.07) is 8.93. The van der Waals surface area contributed by atoms with Crippen molar-refractivity contribution in [1.29, 1.82) is 0 Å². The van der Waals surface area contributed by atoms with Gasteiger partial charge in [-0.05, 0) is 44.0 Å². The zero-order valence-electron chi connectivity index (χ0n) is 11.0. The Labute approximate surface area is 116 Å². The number of hydrogen-bond donors (Lipinski definition) is 1. The minimum Gasteiger partial charge on any atom is -0.494 e. The van der Waals surface area contributed by atoms with Crippen LogP contribution in [0.15, 0.2) is 24.3 Å². The molecular weight excluding hydrogens is 248 g/mol. The van der Waals surface area contributed by atoms with Gasteiger partial charge in [-0.25, -0.2) is 0 Å². The zero-order chi connectivity index (χ0) is 12.1. The van der Waals surface area contributed by atoms with E-state index in [0.717, 1.165) is 25.4 Å². The molecule has 18 heavy (non-hydrogen) atoms. The quantitative estimate of drug-likeness (QED) is 0.893. The van der Waals surface area contributed by atoms with Crippen molar-refractivity contribution < 1.29 is 4.74 Å². The van der Waals surface area contributed by atoms with Gasteiger partial charge in [-0.1, -0.05) is 12.1 Å². The van der Waals surface area contributed by atoms with Crippen LogP contribution < -0.4 is 10.5 Å². The minimum absolute atomic E-state index is 0. The number of hydrogen-bond acceptors (Lipinski definition) is 3. The van der Waals surface area contributed by atoms with Crippen molar-refractivity contribution in [1.82, 2.24) is 4.90 Å². The van der Waals surface area contributed by atoms with Crippen molar-refractivity contribution in [2.24, 2.45) is 5.73 Å². The van der Waals surface area contributed by atoms with E-state index in [-0.39, 0.29) is 12.4 Å². The van der Waals surface area contributed by atoms with E-state index in [2.05, 4.69) is 23.1 Å².